The molecule has 0 spiro atoms. The van der Waals surface area contributed by atoms with E-state index in [0.29, 0.717) is 16.7 Å². The summed E-state index contributed by atoms with van der Waals surface area (Å²) in [7, 11) is 0. The summed E-state index contributed by atoms with van der Waals surface area (Å²) < 4.78 is 0. The third-order valence-corrected chi connectivity index (χ3v) is 5.86. The monoisotopic (exact) mass is 427 g/mol. The Morgan fingerprint density at radius 2 is 1.74 bits per heavy atom. The van der Waals surface area contributed by atoms with Crippen molar-refractivity contribution >= 4 is 51.9 Å². The molecule has 2 heterocycles. The number of carbonyl (C=O) groups is 1. The van der Waals surface area contributed by atoms with Crippen LogP contribution in [0.1, 0.15) is 0 Å². The van der Waals surface area contributed by atoms with Gasteiger partial charge in [0.25, 0.3) is 0 Å². The number of para-hydroxylation sites is 1. The second-order valence-corrected chi connectivity index (χ2v) is 7.98. The van der Waals surface area contributed by atoms with Gasteiger partial charge in [-0.25, -0.2) is 0 Å². The van der Waals surface area contributed by atoms with E-state index in [4.69, 9.17) is 5.11 Å². The first-order chi connectivity index (χ1) is 15.1. The number of nitrogens with zero attached hydrogens (tertiary/aromatic N) is 3. The van der Waals surface area contributed by atoms with E-state index in [1.807, 2.05) is 30.3 Å². The van der Waals surface area contributed by atoms with Crippen LogP contribution in [0.3, 0.4) is 0 Å². The molecule has 0 bridgehead atoms. The summed E-state index contributed by atoms with van der Waals surface area (Å²) >= 11 is 1.09. The van der Waals surface area contributed by atoms with Crippen LogP contribution in [0.25, 0.3) is 44.3 Å². The van der Waals surface area contributed by atoms with Crippen molar-refractivity contribution in [2.75, 3.05) is 5.75 Å². The van der Waals surface area contributed by atoms with Gasteiger partial charge in [-0.2, -0.15) is 0 Å². The number of nitrogens with one attached hydrogen (secondary N) is 2. The number of hydrogen-bond donors (Lipinski definition) is 3. The Balaban J connectivity index is 1.56. The van der Waals surface area contributed by atoms with Gasteiger partial charge in [-0.05, 0) is 48.2 Å². The van der Waals surface area contributed by atoms with Crippen LogP contribution >= 0.6 is 11.8 Å². The van der Waals surface area contributed by atoms with Gasteiger partial charge in [-0.3, -0.25) is 9.79 Å². The fourth-order valence-corrected chi connectivity index (χ4v) is 4.14. The minimum absolute atomic E-state index is 0.0847. The third-order valence-electron chi connectivity index (χ3n) is 5.01. The normalized spacial score (nSPS) is 11.2. The van der Waals surface area contributed by atoms with Gasteiger partial charge in [0.05, 0.1) is 11.4 Å². The van der Waals surface area contributed by atoms with Crippen molar-refractivity contribution in [3.63, 3.8) is 0 Å². The van der Waals surface area contributed by atoms with Crippen LogP contribution < -0.4 is 0 Å². The fraction of sp³-hybridized carbons (Fsp3) is 0.0435. The van der Waals surface area contributed by atoms with Crippen molar-refractivity contribution in [2.24, 2.45) is 4.99 Å². The maximum absolute atomic E-state index is 10.8. The van der Waals surface area contributed by atoms with E-state index >= 15 is 0 Å². The van der Waals surface area contributed by atoms with Crippen molar-refractivity contribution in [3.05, 3.63) is 60.7 Å². The lowest BCUT2D eigenvalue weighted by atomic mass is 10.00. The van der Waals surface area contributed by atoms with Gasteiger partial charge in [-0.15, -0.1) is 10.2 Å². The van der Waals surface area contributed by atoms with Crippen molar-refractivity contribution in [3.8, 4) is 22.5 Å². The zero-order valence-electron chi connectivity index (χ0n) is 16.3. The lowest BCUT2D eigenvalue weighted by Gasteiger charge is -2.07. The molecular formula is C23H17N5O2S. The molecule has 31 heavy (non-hydrogen) atoms. The predicted octanol–water partition coefficient (Wildman–Crippen LogP) is 5.28. The molecule has 0 unspecified atom stereocenters. The first-order valence-electron chi connectivity index (χ1n) is 9.51. The second kappa shape index (κ2) is 7.73. The highest BCUT2D eigenvalue weighted by Gasteiger charge is 2.12. The van der Waals surface area contributed by atoms with Crippen LogP contribution in [-0.2, 0) is 4.79 Å². The predicted molar refractivity (Wildman–Crippen MR) is 124 cm³/mol. The van der Waals surface area contributed by atoms with E-state index in [2.05, 4.69) is 62.2 Å². The summed E-state index contributed by atoms with van der Waals surface area (Å²) in [5.74, 6) is -0.444. The van der Waals surface area contributed by atoms with Crippen LogP contribution in [-0.4, -0.2) is 43.7 Å². The van der Waals surface area contributed by atoms with Crippen molar-refractivity contribution in [1.29, 1.82) is 0 Å². The van der Waals surface area contributed by atoms with Crippen LogP contribution in [0.15, 0.2) is 70.8 Å². The van der Waals surface area contributed by atoms with E-state index < -0.39 is 5.97 Å². The Labute approximate surface area is 181 Å². The summed E-state index contributed by atoms with van der Waals surface area (Å²) in [5, 5.41) is 19.9. The third kappa shape index (κ3) is 3.69. The van der Waals surface area contributed by atoms with Gasteiger partial charge in [0.2, 0.25) is 0 Å². The lowest BCUT2D eigenvalue weighted by molar-refractivity contribution is -0.133. The highest BCUT2D eigenvalue weighted by atomic mass is 32.2. The number of benzene rings is 3. The number of aromatic nitrogens is 4. The number of aliphatic carboxylic acids is 1. The first kappa shape index (κ1) is 19.1. The van der Waals surface area contributed by atoms with Crippen molar-refractivity contribution < 1.29 is 9.90 Å². The Morgan fingerprint density at radius 1 is 0.935 bits per heavy atom. The Hall–Kier alpha value is -3.91. The van der Waals surface area contributed by atoms with Crippen molar-refractivity contribution in [1.82, 2.24) is 20.2 Å². The van der Waals surface area contributed by atoms with Gasteiger partial charge in [0.1, 0.15) is 0 Å². The largest absolute Gasteiger partial charge is 0.481 e. The average molecular weight is 427 g/mol. The van der Waals surface area contributed by atoms with Crippen LogP contribution in [0.2, 0.25) is 0 Å². The minimum atomic E-state index is -0.907. The molecule has 3 aromatic carbocycles. The van der Waals surface area contributed by atoms with E-state index in [1.54, 1.807) is 0 Å². The molecule has 0 atom stereocenters. The summed E-state index contributed by atoms with van der Waals surface area (Å²) in [6.45, 7) is 3.66. The molecule has 152 valence electrons. The number of fused-ring (bicyclic) bond motifs is 3. The maximum Gasteiger partial charge on any atom is 0.313 e. The van der Waals surface area contributed by atoms with E-state index in [-0.39, 0.29) is 5.75 Å². The minimum Gasteiger partial charge on any atom is -0.481 e. The number of thioether (sulfide) groups is 1. The van der Waals surface area contributed by atoms with Gasteiger partial charge in [-0.1, -0.05) is 42.1 Å². The standard InChI is InChI=1S/C23H17N5O2S/c1-24-16-9-14(8-15(10-16)22-26-23(28-27-22)31-12-21(29)30)13-6-7-18-17-4-2-3-5-19(17)25-20(18)11-13/h2-11,25H,1,12H2,(H,29,30)(H,26,27,28). The first-order valence-corrected chi connectivity index (χ1v) is 10.5. The lowest BCUT2D eigenvalue weighted by Crippen LogP contribution is -1.97. The van der Waals surface area contributed by atoms with Gasteiger partial charge < -0.3 is 15.1 Å². The molecule has 0 fully saturated rings. The molecule has 5 aromatic rings. The molecule has 2 aromatic heterocycles. The Morgan fingerprint density at radius 3 is 2.58 bits per heavy atom. The second-order valence-electron chi connectivity index (χ2n) is 7.02. The number of hydrogen-bond acceptors (Lipinski definition) is 5. The molecule has 0 aliphatic heterocycles. The highest BCUT2D eigenvalue weighted by Crippen LogP contribution is 2.34. The Bertz CT molecular complexity index is 1450. The number of rotatable bonds is 6. The van der Waals surface area contributed by atoms with Crippen LogP contribution in [0.5, 0.6) is 0 Å². The van der Waals surface area contributed by atoms with Gasteiger partial charge >= 0.3 is 5.97 Å². The van der Waals surface area contributed by atoms with Crippen LogP contribution in [0, 0.1) is 0 Å². The van der Waals surface area contributed by atoms with E-state index in [1.165, 1.54) is 10.8 Å². The molecule has 7 nitrogen and oxygen atoms in total. The molecule has 5 rings (SSSR count). The van der Waals surface area contributed by atoms with E-state index in [9.17, 15) is 4.79 Å². The molecule has 0 aliphatic rings. The SMILES string of the molecule is C=Nc1cc(-c2ccc3c(c2)[nH]c2ccccc23)cc(-c2nnc(SCC(=O)O)[nH]2)c1. The van der Waals surface area contributed by atoms with Crippen molar-refractivity contribution in [2.45, 2.75) is 5.16 Å². The fourth-order valence-electron chi connectivity index (χ4n) is 3.61. The molecule has 0 radical (unpaired) electrons. The van der Waals surface area contributed by atoms with E-state index in [0.717, 1.165) is 39.5 Å². The summed E-state index contributed by atoms with van der Waals surface area (Å²) in [5.41, 5.74) is 5.67. The van der Waals surface area contributed by atoms with Gasteiger partial charge in [0, 0.05) is 27.4 Å². The number of aliphatic imine (C=N–C) groups is 1. The topological polar surface area (TPSA) is 107 Å². The smallest absolute Gasteiger partial charge is 0.313 e. The molecule has 3 N–H and O–H groups in total. The quantitative estimate of drug-likeness (QED) is 0.252. The molecule has 0 aliphatic carbocycles. The average Bonchev–Trinajstić information content (AvgIpc) is 3.41. The molecule has 0 saturated carbocycles. The summed E-state index contributed by atoms with van der Waals surface area (Å²) in [4.78, 5) is 21.4. The maximum atomic E-state index is 10.8. The zero-order chi connectivity index (χ0) is 21.4. The van der Waals surface area contributed by atoms with Crippen LogP contribution in [0.4, 0.5) is 5.69 Å². The number of carboxylic acids is 1. The number of H-pyrrole nitrogens is 2. The Kier molecular flexibility index (Phi) is 4.76. The summed E-state index contributed by atoms with van der Waals surface area (Å²) in [6.07, 6.45) is 0. The highest BCUT2D eigenvalue weighted by molar-refractivity contribution is 7.99. The molecular weight excluding hydrogens is 410 g/mol. The molecule has 8 heteroatoms. The summed E-state index contributed by atoms with van der Waals surface area (Å²) in [6, 6.07) is 20.4. The zero-order valence-corrected chi connectivity index (χ0v) is 17.1. The molecule has 0 amide bonds. The van der Waals surface area contributed by atoms with Gasteiger partial charge in [0.15, 0.2) is 11.0 Å². The number of carboxylic acid groups (broad SMARTS) is 1. The number of aromatic amines is 2. The molecule has 0 saturated heterocycles.